The maximum Gasteiger partial charge on any atom is 0.210 e. The van der Waals surface area contributed by atoms with Crippen LogP contribution in [0.2, 0.25) is 0 Å². The molecule has 0 bridgehead atoms. The maximum atomic E-state index is 11.5. The van der Waals surface area contributed by atoms with Crippen molar-refractivity contribution < 1.29 is 9.53 Å². The molecule has 0 aromatic heterocycles. The number of rotatable bonds is 12. The van der Waals surface area contributed by atoms with E-state index < -0.39 is 0 Å². The van der Waals surface area contributed by atoms with Crippen LogP contribution >= 0.6 is 0 Å². The van der Waals surface area contributed by atoms with E-state index in [4.69, 9.17) is 15.1 Å². The molecule has 1 aliphatic rings. The Morgan fingerprint density at radius 2 is 1.85 bits per heavy atom. The Balaban J connectivity index is 0. The molecule has 1 aromatic rings. The fourth-order valence-corrected chi connectivity index (χ4v) is 3.08. The Hall–Kier alpha value is -2.43. The summed E-state index contributed by atoms with van der Waals surface area (Å²) in [7, 11) is 0. The SMILES string of the molecule is CC.CC.CC#N.CCN(C=O)C1CN(CNCCCOCC(C)C)N=C1c1ccc(C)cc1. The van der Waals surface area contributed by atoms with Gasteiger partial charge in [0.05, 0.1) is 31.0 Å². The van der Waals surface area contributed by atoms with Gasteiger partial charge in [0.1, 0.15) is 0 Å². The highest BCUT2D eigenvalue weighted by atomic mass is 16.5. The molecule has 2 rings (SSSR count). The number of likely N-dealkylation sites (N-methyl/N-ethyl adjacent to an activating group) is 1. The smallest absolute Gasteiger partial charge is 0.210 e. The molecule has 0 spiro atoms. The van der Waals surface area contributed by atoms with Crippen molar-refractivity contribution in [1.82, 2.24) is 15.2 Å². The number of nitriles is 1. The zero-order valence-electron chi connectivity index (χ0n) is 23.1. The van der Waals surface area contributed by atoms with Crippen LogP contribution in [0, 0.1) is 24.2 Å². The van der Waals surface area contributed by atoms with Crippen molar-refractivity contribution in [2.75, 3.05) is 39.5 Å². The summed E-state index contributed by atoms with van der Waals surface area (Å²) in [6.07, 6.45) is 1.91. The number of aryl methyl sites for hydroxylation is 1. The van der Waals surface area contributed by atoms with Gasteiger partial charge in [-0.15, -0.1) is 0 Å². The van der Waals surface area contributed by atoms with E-state index in [9.17, 15) is 4.79 Å². The normalized spacial score (nSPS) is 13.9. The Labute approximate surface area is 209 Å². The number of nitrogens with one attached hydrogen (secondary N) is 1. The van der Waals surface area contributed by atoms with Crippen molar-refractivity contribution in [2.45, 2.75) is 74.8 Å². The fourth-order valence-electron chi connectivity index (χ4n) is 3.08. The molecule has 1 atom stereocenters. The minimum Gasteiger partial charge on any atom is -0.381 e. The standard InChI is InChI=1S/C21H34N4O2.C2H3N.2C2H6/c1-5-24(16-26)20-13-25(15-22-11-6-12-27-14-17(2)3)23-21(20)19-9-7-18(4)8-10-19;1-2-3;2*1-2/h7-10,16-17,20,22H,5-6,11-15H2,1-4H3;1H3;2*1-2H3. The predicted molar refractivity (Wildman–Crippen MR) is 144 cm³/mol. The lowest BCUT2D eigenvalue weighted by atomic mass is 10.0. The summed E-state index contributed by atoms with van der Waals surface area (Å²) in [5.74, 6) is 0.577. The van der Waals surface area contributed by atoms with Crippen molar-refractivity contribution in [1.29, 1.82) is 5.26 Å². The molecule has 7 nitrogen and oxygen atoms in total. The summed E-state index contributed by atoms with van der Waals surface area (Å²) in [5.41, 5.74) is 3.26. The zero-order chi connectivity index (χ0) is 26.4. The van der Waals surface area contributed by atoms with E-state index in [0.717, 1.165) is 43.9 Å². The summed E-state index contributed by atoms with van der Waals surface area (Å²) >= 11 is 0. The van der Waals surface area contributed by atoms with Gasteiger partial charge in [-0.2, -0.15) is 10.4 Å². The third-order valence-corrected chi connectivity index (χ3v) is 4.58. The number of amides is 1. The van der Waals surface area contributed by atoms with Crippen molar-refractivity contribution in [3.8, 4) is 6.07 Å². The first-order chi connectivity index (χ1) is 16.5. The molecule has 0 aliphatic carbocycles. The van der Waals surface area contributed by atoms with Crippen molar-refractivity contribution in [3.05, 3.63) is 35.4 Å². The molecular formula is C27H49N5O2. The number of nitrogens with zero attached hydrogens (tertiary/aromatic N) is 4. The Bertz CT molecular complexity index is 683. The third kappa shape index (κ3) is 14.0. The molecule has 1 aromatic carbocycles. The number of hydrogen-bond donors (Lipinski definition) is 1. The summed E-state index contributed by atoms with van der Waals surface area (Å²) < 4.78 is 5.60. The molecular weight excluding hydrogens is 426 g/mol. The van der Waals surface area contributed by atoms with Gasteiger partial charge in [-0.1, -0.05) is 71.4 Å². The van der Waals surface area contributed by atoms with Gasteiger partial charge in [-0.3, -0.25) is 15.1 Å². The number of benzene rings is 1. The van der Waals surface area contributed by atoms with Crippen molar-refractivity contribution in [3.63, 3.8) is 0 Å². The largest absolute Gasteiger partial charge is 0.381 e. The summed E-state index contributed by atoms with van der Waals surface area (Å²) in [4.78, 5) is 13.3. The van der Waals surface area contributed by atoms with Gasteiger partial charge in [0.25, 0.3) is 0 Å². The minimum absolute atomic E-state index is 0.00798. The molecule has 1 heterocycles. The average Bonchev–Trinajstić information content (AvgIpc) is 3.26. The summed E-state index contributed by atoms with van der Waals surface area (Å²) in [6, 6.07) is 10.1. The van der Waals surface area contributed by atoms with E-state index in [0.29, 0.717) is 25.7 Å². The molecule has 1 N–H and O–H groups in total. The molecule has 0 radical (unpaired) electrons. The summed E-state index contributed by atoms with van der Waals surface area (Å²) in [5, 5.41) is 17.6. The van der Waals surface area contributed by atoms with Crippen LogP contribution in [0.15, 0.2) is 29.4 Å². The van der Waals surface area contributed by atoms with Crippen LogP contribution in [0.25, 0.3) is 0 Å². The van der Waals surface area contributed by atoms with Crippen molar-refractivity contribution in [2.24, 2.45) is 11.0 Å². The second kappa shape index (κ2) is 22.4. The number of carbonyl (C=O) groups is 1. The van der Waals surface area contributed by atoms with Gasteiger partial charge in [0, 0.05) is 26.7 Å². The summed E-state index contributed by atoms with van der Waals surface area (Å²) in [6.45, 7) is 22.4. The van der Waals surface area contributed by atoms with Gasteiger partial charge >= 0.3 is 0 Å². The number of ether oxygens (including phenoxy) is 1. The lowest BCUT2D eigenvalue weighted by Crippen LogP contribution is -2.43. The van der Waals surface area contributed by atoms with Gasteiger partial charge in [0.2, 0.25) is 6.41 Å². The molecule has 194 valence electrons. The van der Waals surface area contributed by atoms with Gasteiger partial charge in [-0.05, 0) is 38.3 Å². The lowest BCUT2D eigenvalue weighted by molar-refractivity contribution is -0.118. The molecule has 34 heavy (non-hydrogen) atoms. The molecule has 0 fully saturated rings. The first-order valence-electron chi connectivity index (χ1n) is 12.7. The molecule has 0 saturated heterocycles. The van der Waals surface area contributed by atoms with E-state index in [1.54, 1.807) is 6.07 Å². The average molecular weight is 476 g/mol. The van der Waals surface area contributed by atoms with Crippen LogP contribution < -0.4 is 5.32 Å². The van der Waals surface area contributed by atoms with Crippen molar-refractivity contribution >= 4 is 12.1 Å². The van der Waals surface area contributed by atoms with E-state index in [-0.39, 0.29) is 6.04 Å². The van der Waals surface area contributed by atoms with E-state index in [2.05, 4.69) is 50.4 Å². The van der Waals surface area contributed by atoms with Crippen LogP contribution in [0.3, 0.4) is 0 Å². The Kier molecular flexibility index (Phi) is 22.2. The Morgan fingerprint density at radius 1 is 1.26 bits per heavy atom. The zero-order valence-corrected chi connectivity index (χ0v) is 23.1. The molecule has 1 amide bonds. The lowest BCUT2D eigenvalue weighted by Gasteiger charge is -2.25. The first-order valence-corrected chi connectivity index (χ1v) is 12.7. The first kappa shape index (κ1) is 33.7. The fraction of sp³-hybridized carbons (Fsp3) is 0.667. The van der Waals surface area contributed by atoms with Crippen LogP contribution in [0.4, 0.5) is 0 Å². The second-order valence-electron chi connectivity index (χ2n) is 7.70. The topological polar surface area (TPSA) is 81.0 Å². The van der Waals surface area contributed by atoms with Crippen LogP contribution in [0.5, 0.6) is 0 Å². The number of hydrogen-bond acceptors (Lipinski definition) is 6. The van der Waals surface area contributed by atoms with Gasteiger partial charge in [0.15, 0.2) is 0 Å². The molecule has 1 aliphatic heterocycles. The van der Waals surface area contributed by atoms with Crippen LogP contribution in [-0.2, 0) is 9.53 Å². The highest BCUT2D eigenvalue weighted by Crippen LogP contribution is 2.18. The number of hydrazone groups is 1. The van der Waals surface area contributed by atoms with E-state index in [1.807, 2.05) is 44.5 Å². The highest BCUT2D eigenvalue weighted by Gasteiger charge is 2.31. The van der Waals surface area contributed by atoms with E-state index >= 15 is 0 Å². The van der Waals surface area contributed by atoms with E-state index in [1.165, 1.54) is 12.5 Å². The minimum atomic E-state index is -0.00798. The van der Waals surface area contributed by atoms with Gasteiger partial charge < -0.3 is 9.64 Å². The highest BCUT2D eigenvalue weighted by molar-refractivity contribution is 6.06. The quantitative estimate of drug-likeness (QED) is 0.338. The molecule has 0 saturated carbocycles. The molecule has 7 heteroatoms. The predicted octanol–water partition coefficient (Wildman–Crippen LogP) is 5.05. The number of carbonyl (C=O) groups excluding carboxylic acids is 1. The monoisotopic (exact) mass is 475 g/mol. The Morgan fingerprint density at radius 3 is 2.35 bits per heavy atom. The van der Waals surface area contributed by atoms with Crippen LogP contribution in [0.1, 0.15) is 72.9 Å². The van der Waals surface area contributed by atoms with Crippen LogP contribution in [-0.4, -0.2) is 67.6 Å². The molecule has 1 unspecified atom stereocenters. The van der Waals surface area contributed by atoms with Gasteiger partial charge in [-0.25, -0.2) is 0 Å². The third-order valence-electron chi connectivity index (χ3n) is 4.58. The maximum absolute atomic E-state index is 11.5. The second-order valence-corrected chi connectivity index (χ2v) is 7.70.